The topological polar surface area (TPSA) is 42.0 Å². The van der Waals surface area contributed by atoms with Crippen molar-refractivity contribution in [1.82, 2.24) is 4.98 Å². The van der Waals surface area contributed by atoms with Crippen LogP contribution in [0.5, 0.6) is 0 Å². The van der Waals surface area contributed by atoms with Crippen molar-refractivity contribution in [3.8, 4) is 0 Å². The van der Waals surface area contributed by atoms with Crippen molar-refractivity contribution >= 4 is 45.7 Å². The molecular formula is C12H11IN2OS. The average molecular weight is 358 g/mol. The fraction of sp³-hybridized carbons (Fsp3) is 0.167. The van der Waals surface area contributed by atoms with Crippen LogP contribution >= 0.6 is 33.9 Å². The fourth-order valence-electron chi connectivity index (χ4n) is 1.31. The van der Waals surface area contributed by atoms with E-state index in [4.69, 9.17) is 0 Å². The van der Waals surface area contributed by atoms with Gasteiger partial charge < -0.3 is 5.32 Å². The number of thiophene rings is 1. The quantitative estimate of drug-likeness (QED) is 0.834. The van der Waals surface area contributed by atoms with E-state index in [1.54, 1.807) is 12.3 Å². The first-order valence-corrected chi connectivity index (χ1v) is 6.96. The lowest BCUT2D eigenvalue weighted by atomic mass is 10.3. The van der Waals surface area contributed by atoms with E-state index in [2.05, 4.69) is 32.9 Å². The molecule has 0 unspecified atom stereocenters. The molecule has 2 heterocycles. The third-order valence-corrected chi connectivity index (χ3v) is 4.15. The van der Waals surface area contributed by atoms with Crippen LogP contribution in [0, 0.1) is 17.4 Å². The van der Waals surface area contributed by atoms with Crippen molar-refractivity contribution in [1.29, 1.82) is 0 Å². The van der Waals surface area contributed by atoms with Crippen LogP contribution < -0.4 is 5.32 Å². The highest BCUT2D eigenvalue weighted by Gasteiger charge is 2.10. The van der Waals surface area contributed by atoms with Crippen LogP contribution in [0.3, 0.4) is 0 Å². The molecule has 17 heavy (non-hydrogen) atoms. The number of aryl methyl sites for hydroxylation is 2. The molecule has 0 aliphatic rings. The molecule has 0 aliphatic heterocycles. The SMILES string of the molecule is Cc1cc(C(=O)Nc2ccc(I)cn2)sc1C. The van der Waals surface area contributed by atoms with Crippen LogP contribution in [0.1, 0.15) is 20.1 Å². The highest BCUT2D eigenvalue weighted by molar-refractivity contribution is 14.1. The largest absolute Gasteiger partial charge is 0.306 e. The fourth-order valence-corrected chi connectivity index (χ4v) is 2.56. The number of hydrogen-bond donors (Lipinski definition) is 1. The third kappa shape index (κ3) is 3.04. The molecule has 0 bridgehead atoms. The summed E-state index contributed by atoms with van der Waals surface area (Å²) >= 11 is 3.68. The number of nitrogens with zero attached hydrogens (tertiary/aromatic N) is 1. The molecule has 1 amide bonds. The van der Waals surface area contributed by atoms with Gasteiger partial charge in [0.15, 0.2) is 0 Å². The molecular weight excluding hydrogens is 347 g/mol. The first-order chi connectivity index (χ1) is 8.06. The number of halogens is 1. The zero-order valence-electron chi connectivity index (χ0n) is 9.45. The number of hydrogen-bond acceptors (Lipinski definition) is 3. The summed E-state index contributed by atoms with van der Waals surface area (Å²) in [5.41, 5.74) is 1.15. The zero-order chi connectivity index (χ0) is 12.4. The maximum atomic E-state index is 11.9. The summed E-state index contributed by atoms with van der Waals surface area (Å²) in [6.07, 6.45) is 1.72. The molecule has 88 valence electrons. The number of carbonyl (C=O) groups is 1. The highest BCUT2D eigenvalue weighted by Crippen LogP contribution is 2.21. The Kier molecular flexibility index (Phi) is 3.78. The van der Waals surface area contributed by atoms with Gasteiger partial charge in [-0.05, 0) is 60.2 Å². The van der Waals surface area contributed by atoms with Crippen LogP contribution in [0.2, 0.25) is 0 Å². The number of nitrogens with one attached hydrogen (secondary N) is 1. The molecule has 2 aromatic rings. The lowest BCUT2D eigenvalue weighted by Crippen LogP contribution is -2.11. The monoisotopic (exact) mass is 358 g/mol. The van der Waals surface area contributed by atoms with Gasteiger partial charge in [0.25, 0.3) is 5.91 Å². The van der Waals surface area contributed by atoms with Crippen molar-refractivity contribution in [2.75, 3.05) is 5.32 Å². The van der Waals surface area contributed by atoms with Gasteiger partial charge in [-0.15, -0.1) is 11.3 Å². The number of rotatable bonds is 2. The summed E-state index contributed by atoms with van der Waals surface area (Å²) < 4.78 is 1.04. The summed E-state index contributed by atoms with van der Waals surface area (Å²) in [6.45, 7) is 4.02. The minimum atomic E-state index is -0.0973. The second-order valence-electron chi connectivity index (χ2n) is 3.67. The smallest absolute Gasteiger partial charge is 0.266 e. The van der Waals surface area contributed by atoms with Crippen molar-refractivity contribution < 1.29 is 4.79 Å². The van der Waals surface area contributed by atoms with Gasteiger partial charge in [0, 0.05) is 14.6 Å². The van der Waals surface area contributed by atoms with Gasteiger partial charge in [-0.1, -0.05) is 0 Å². The minimum absolute atomic E-state index is 0.0973. The molecule has 0 atom stereocenters. The van der Waals surface area contributed by atoms with Gasteiger partial charge in [-0.2, -0.15) is 0 Å². The van der Waals surface area contributed by atoms with E-state index in [-0.39, 0.29) is 5.91 Å². The Morgan fingerprint density at radius 2 is 2.18 bits per heavy atom. The van der Waals surface area contributed by atoms with E-state index in [1.807, 2.05) is 26.0 Å². The number of amides is 1. The van der Waals surface area contributed by atoms with Crippen LogP contribution in [-0.4, -0.2) is 10.9 Å². The Hall–Kier alpha value is -0.950. The molecule has 0 saturated heterocycles. The van der Waals surface area contributed by atoms with E-state index in [0.717, 1.165) is 14.0 Å². The summed E-state index contributed by atoms with van der Waals surface area (Å²) in [4.78, 5) is 18.0. The van der Waals surface area contributed by atoms with E-state index in [0.29, 0.717) is 5.82 Å². The summed E-state index contributed by atoms with van der Waals surface area (Å²) in [5, 5.41) is 2.78. The van der Waals surface area contributed by atoms with Crippen LogP contribution in [0.25, 0.3) is 0 Å². The van der Waals surface area contributed by atoms with Gasteiger partial charge in [0.05, 0.1) is 4.88 Å². The average Bonchev–Trinajstić information content (AvgIpc) is 2.63. The van der Waals surface area contributed by atoms with E-state index < -0.39 is 0 Å². The molecule has 0 aliphatic carbocycles. The zero-order valence-corrected chi connectivity index (χ0v) is 12.4. The Labute approximate surface area is 117 Å². The van der Waals surface area contributed by atoms with Crippen molar-refractivity contribution in [3.63, 3.8) is 0 Å². The molecule has 2 aromatic heterocycles. The predicted octanol–water partition coefficient (Wildman–Crippen LogP) is 3.62. The maximum absolute atomic E-state index is 11.9. The molecule has 0 saturated carbocycles. The molecule has 3 nitrogen and oxygen atoms in total. The molecule has 2 rings (SSSR count). The number of anilines is 1. The standard InChI is InChI=1S/C12H11IN2OS/c1-7-5-10(17-8(7)2)12(16)15-11-4-3-9(13)6-14-11/h3-6H,1-2H3,(H,14,15,16). The van der Waals surface area contributed by atoms with Crippen LogP contribution in [0.4, 0.5) is 5.82 Å². The second kappa shape index (κ2) is 5.14. The predicted molar refractivity (Wildman–Crippen MR) is 78.7 cm³/mol. The molecule has 5 heteroatoms. The Balaban J connectivity index is 2.14. The minimum Gasteiger partial charge on any atom is -0.306 e. The summed E-state index contributed by atoms with van der Waals surface area (Å²) in [7, 11) is 0. The number of aromatic nitrogens is 1. The normalized spacial score (nSPS) is 10.3. The van der Waals surface area contributed by atoms with Gasteiger partial charge in [0.2, 0.25) is 0 Å². The lowest BCUT2D eigenvalue weighted by molar-refractivity contribution is 0.103. The lowest BCUT2D eigenvalue weighted by Gasteiger charge is -2.01. The van der Waals surface area contributed by atoms with E-state index >= 15 is 0 Å². The van der Waals surface area contributed by atoms with Gasteiger partial charge >= 0.3 is 0 Å². The van der Waals surface area contributed by atoms with Crippen molar-refractivity contribution in [3.05, 3.63) is 43.3 Å². The molecule has 0 spiro atoms. The molecule has 1 N–H and O–H groups in total. The third-order valence-electron chi connectivity index (χ3n) is 2.36. The Morgan fingerprint density at radius 3 is 2.71 bits per heavy atom. The first kappa shape index (κ1) is 12.5. The molecule has 0 fully saturated rings. The van der Waals surface area contributed by atoms with Gasteiger partial charge in [-0.25, -0.2) is 4.98 Å². The summed E-state index contributed by atoms with van der Waals surface area (Å²) in [6, 6.07) is 5.61. The van der Waals surface area contributed by atoms with Gasteiger partial charge in [-0.3, -0.25) is 4.79 Å². The number of pyridine rings is 1. The van der Waals surface area contributed by atoms with Crippen LogP contribution in [-0.2, 0) is 0 Å². The number of carbonyl (C=O) groups excluding carboxylic acids is 1. The second-order valence-corrected chi connectivity index (χ2v) is 6.17. The molecule has 0 radical (unpaired) electrons. The van der Waals surface area contributed by atoms with Crippen molar-refractivity contribution in [2.45, 2.75) is 13.8 Å². The highest BCUT2D eigenvalue weighted by atomic mass is 127. The molecule has 0 aromatic carbocycles. The Morgan fingerprint density at radius 1 is 1.41 bits per heavy atom. The van der Waals surface area contributed by atoms with E-state index in [1.165, 1.54) is 16.2 Å². The van der Waals surface area contributed by atoms with E-state index in [9.17, 15) is 4.79 Å². The van der Waals surface area contributed by atoms with Crippen LogP contribution in [0.15, 0.2) is 24.4 Å². The van der Waals surface area contributed by atoms with Gasteiger partial charge in [0.1, 0.15) is 5.82 Å². The van der Waals surface area contributed by atoms with Crippen molar-refractivity contribution in [2.24, 2.45) is 0 Å². The maximum Gasteiger partial charge on any atom is 0.266 e. The summed E-state index contributed by atoms with van der Waals surface area (Å²) in [5.74, 6) is 0.485. The first-order valence-electron chi connectivity index (χ1n) is 5.06. The Bertz CT molecular complexity index is 529.